The smallest absolute Gasteiger partial charge is 0.257 e. The summed E-state index contributed by atoms with van der Waals surface area (Å²) in [7, 11) is 0. The molecule has 0 aliphatic heterocycles. The van der Waals surface area contributed by atoms with E-state index in [9.17, 15) is 9.90 Å². The molecule has 2 heterocycles. The molecule has 0 unspecified atom stereocenters. The van der Waals surface area contributed by atoms with Gasteiger partial charge in [-0.3, -0.25) is 4.79 Å². The number of H-pyrrole nitrogens is 1. The topological polar surface area (TPSA) is 78.9 Å². The molecule has 6 heteroatoms. The molecule has 5 nitrogen and oxygen atoms in total. The van der Waals surface area contributed by atoms with Gasteiger partial charge in [0.15, 0.2) is 0 Å². The molecule has 2 rings (SSSR count). The summed E-state index contributed by atoms with van der Waals surface area (Å²) < 4.78 is 0. The van der Waals surface area contributed by atoms with Gasteiger partial charge in [0.05, 0.1) is 16.3 Å². The standard InChI is InChI=1S/C10H11N3O2S/c1-5-9(14)12-8(13-10(5)15)3-7-4-16-6(2)11-7/h4H,3H2,1-2H3,(H2,12,13,14,15). The van der Waals surface area contributed by atoms with Crippen molar-refractivity contribution >= 4 is 11.3 Å². The number of aromatic hydroxyl groups is 1. The van der Waals surface area contributed by atoms with Gasteiger partial charge in [-0.2, -0.15) is 4.98 Å². The molecule has 0 atom stereocenters. The van der Waals surface area contributed by atoms with Crippen molar-refractivity contribution in [2.24, 2.45) is 0 Å². The second-order valence-electron chi connectivity index (χ2n) is 3.50. The summed E-state index contributed by atoms with van der Waals surface area (Å²) in [5.74, 6) is 0.212. The summed E-state index contributed by atoms with van der Waals surface area (Å²) in [5, 5.41) is 12.3. The molecule has 0 spiro atoms. The number of hydrogen-bond donors (Lipinski definition) is 2. The van der Waals surface area contributed by atoms with Crippen molar-refractivity contribution in [2.45, 2.75) is 20.3 Å². The molecule has 16 heavy (non-hydrogen) atoms. The molecular weight excluding hydrogens is 226 g/mol. The zero-order chi connectivity index (χ0) is 11.7. The van der Waals surface area contributed by atoms with Gasteiger partial charge in [0.1, 0.15) is 5.82 Å². The molecule has 0 fully saturated rings. The Bertz CT molecular complexity index is 574. The van der Waals surface area contributed by atoms with Gasteiger partial charge >= 0.3 is 0 Å². The van der Waals surface area contributed by atoms with Crippen molar-refractivity contribution in [3.63, 3.8) is 0 Å². The number of nitrogens with one attached hydrogen (secondary N) is 1. The van der Waals surface area contributed by atoms with E-state index in [1.807, 2.05) is 12.3 Å². The van der Waals surface area contributed by atoms with E-state index in [1.165, 1.54) is 6.92 Å². The number of aromatic nitrogens is 3. The van der Waals surface area contributed by atoms with Crippen LogP contribution in [0, 0.1) is 13.8 Å². The van der Waals surface area contributed by atoms with Gasteiger partial charge < -0.3 is 10.1 Å². The molecule has 0 aliphatic carbocycles. The van der Waals surface area contributed by atoms with Crippen LogP contribution in [0.1, 0.15) is 22.1 Å². The number of aromatic amines is 1. The average Bonchev–Trinajstić information content (AvgIpc) is 2.60. The zero-order valence-corrected chi connectivity index (χ0v) is 9.76. The van der Waals surface area contributed by atoms with Crippen molar-refractivity contribution in [1.82, 2.24) is 15.0 Å². The lowest BCUT2D eigenvalue weighted by atomic mass is 10.3. The number of rotatable bonds is 2. The van der Waals surface area contributed by atoms with Crippen LogP contribution in [-0.2, 0) is 6.42 Å². The Kier molecular flexibility index (Phi) is 2.74. The highest BCUT2D eigenvalue weighted by molar-refractivity contribution is 7.09. The van der Waals surface area contributed by atoms with Crippen LogP contribution in [0.15, 0.2) is 10.2 Å². The number of thiazole rings is 1. The maximum absolute atomic E-state index is 11.4. The van der Waals surface area contributed by atoms with E-state index in [2.05, 4.69) is 15.0 Å². The predicted octanol–water partition coefficient (Wildman–Crippen LogP) is 1.14. The first kappa shape index (κ1) is 10.8. The molecule has 0 aliphatic rings. The second kappa shape index (κ2) is 4.05. The maximum Gasteiger partial charge on any atom is 0.257 e. The van der Waals surface area contributed by atoms with Crippen LogP contribution in [0.2, 0.25) is 0 Å². The van der Waals surface area contributed by atoms with Crippen LogP contribution in [0.3, 0.4) is 0 Å². The van der Waals surface area contributed by atoms with Gasteiger partial charge in [0, 0.05) is 11.8 Å². The van der Waals surface area contributed by atoms with Gasteiger partial charge in [0.2, 0.25) is 5.88 Å². The summed E-state index contributed by atoms with van der Waals surface area (Å²) in [6.45, 7) is 3.44. The van der Waals surface area contributed by atoms with Gasteiger partial charge in [0.25, 0.3) is 5.56 Å². The highest BCUT2D eigenvalue weighted by atomic mass is 32.1. The summed E-state index contributed by atoms with van der Waals surface area (Å²) in [5.41, 5.74) is 0.765. The average molecular weight is 237 g/mol. The van der Waals surface area contributed by atoms with Gasteiger partial charge in [-0.1, -0.05) is 0 Å². The molecule has 0 aromatic carbocycles. The lowest BCUT2D eigenvalue weighted by molar-refractivity contribution is 0.443. The highest BCUT2D eigenvalue weighted by Gasteiger charge is 2.07. The van der Waals surface area contributed by atoms with Crippen LogP contribution in [0.25, 0.3) is 0 Å². The van der Waals surface area contributed by atoms with Crippen molar-refractivity contribution < 1.29 is 5.11 Å². The fourth-order valence-corrected chi connectivity index (χ4v) is 1.92. The van der Waals surface area contributed by atoms with Gasteiger partial charge in [-0.05, 0) is 13.8 Å². The van der Waals surface area contributed by atoms with Crippen LogP contribution >= 0.6 is 11.3 Å². The van der Waals surface area contributed by atoms with Crippen molar-refractivity contribution in [3.05, 3.63) is 37.8 Å². The van der Waals surface area contributed by atoms with Crippen molar-refractivity contribution in [3.8, 4) is 5.88 Å². The van der Waals surface area contributed by atoms with E-state index in [0.717, 1.165) is 10.7 Å². The summed E-state index contributed by atoms with van der Waals surface area (Å²) >= 11 is 1.54. The molecule has 2 N–H and O–H groups in total. The Morgan fingerprint density at radius 1 is 1.44 bits per heavy atom. The molecule has 0 amide bonds. The van der Waals surface area contributed by atoms with E-state index in [0.29, 0.717) is 12.2 Å². The molecule has 0 saturated heterocycles. The summed E-state index contributed by atoms with van der Waals surface area (Å²) in [6.07, 6.45) is 0.424. The monoisotopic (exact) mass is 237 g/mol. The van der Waals surface area contributed by atoms with E-state index in [4.69, 9.17) is 0 Å². The molecule has 2 aromatic heterocycles. The first-order chi connectivity index (χ1) is 7.56. The zero-order valence-electron chi connectivity index (χ0n) is 8.94. The minimum absolute atomic E-state index is 0.217. The molecule has 84 valence electrons. The fraction of sp³-hybridized carbons (Fsp3) is 0.300. The first-order valence-electron chi connectivity index (χ1n) is 4.76. The lowest BCUT2D eigenvalue weighted by Gasteiger charge is -2.00. The van der Waals surface area contributed by atoms with Crippen LogP contribution in [0.4, 0.5) is 0 Å². The van der Waals surface area contributed by atoms with E-state index >= 15 is 0 Å². The van der Waals surface area contributed by atoms with E-state index in [1.54, 1.807) is 11.3 Å². The Labute approximate surface area is 95.8 Å². The van der Waals surface area contributed by atoms with Gasteiger partial charge in [-0.15, -0.1) is 11.3 Å². The number of hydrogen-bond acceptors (Lipinski definition) is 5. The fourth-order valence-electron chi connectivity index (χ4n) is 1.31. The second-order valence-corrected chi connectivity index (χ2v) is 4.56. The Morgan fingerprint density at radius 3 is 2.75 bits per heavy atom. The molecular formula is C10H11N3O2S. The van der Waals surface area contributed by atoms with Gasteiger partial charge in [-0.25, -0.2) is 4.98 Å². The quantitative estimate of drug-likeness (QED) is 0.821. The number of aryl methyl sites for hydroxylation is 1. The largest absolute Gasteiger partial charge is 0.493 e. The SMILES string of the molecule is Cc1nc(Cc2nc(O)c(C)c(=O)[nH]2)cs1. The molecule has 0 saturated carbocycles. The Hall–Kier alpha value is -1.69. The maximum atomic E-state index is 11.4. The third-order valence-electron chi connectivity index (χ3n) is 2.19. The van der Waals surface area contributed by atoms with Crippen LogP contribution < -0.4 is 5.56 Å². The van der Waals surface area contributed by atoms with Crippen LogP contribution in [0.5, 0.6) is 5.88 Å². The number of nitrogens with zero attached hydrogens (tertiary/aromatic N) is 2. The minimum atomic E-state index is -0.311. The lowest BCUT2D eigenvalue weighted by Crippen LogP contribution is -2.14. The summed E-state index contributed by atoms with van der Waals surface area (Å²) in [4.78, 5) is 22.2. The first-order valence-corrected chi connectivity index (χ1v) is 5.64. The highest BCUT2D eigenvalue weighted by Crippen LogP contribution is 2.12. The third kappa shape index (κ3) is 2.11. The third-order valence-corrected chi connectivity index (χ3v) is 3.01. The molecule has 0 radical (unpaired) electrons. The van der Waals surface area contributed by atoms with E-state index < -0.39 is 0 Å². The predicted molar refractivity (Wildman–Crippen MR) is 60.9 cm³/mol. The molecule has 0 bridgehead atoms. The molecule has 2 aromatic rings. The summed E-state index contributed by atoms with van der Waals surface area (Å²) in [6, 6.07) is 0. The Morgan fingerprint density at radius 2 is 2.19 bits per heavy atom. The Balaban J connectivity index is 2.32. The van der Waals surface area contributed by atoms with Crippen LogP contribution in [-0.4, -0.2) is 20.1 Å². The van der Waals surface area contributed by atoms with Crippen molar-refractivity contribution in [1.29, 1.82) is 0 Å². The minimum Gasteiger partial charge on any atom is -0.493 e. The normalized spacial score (nSPS) is 10.6. The van der Waals surface area contributed by atoms with E-state index in [-0.39, 0.29) is 17.0 Å². The van der Waals surface area contributed by atoms with Crippen molar-refractivity contribution in [2.75, 3.05) is 0 Å².